The Morgan fingerprint density at radius 2 is 2.05 bits per heavy atom. The zero-order chi connectivity index (χ0) is 14.8. The molecule has 21 heavy (non-hydrogen) atoms. The third kappa shape index (κ3) is 2.85. The smallest absolute Gasteiger partial charge is 0.258 e. The largest absolute Gasteiger partial charge is 0.493 e. The molecular weight excluding hydrogens is 272 g/mol. The normalized spacial score (nSPS) is 16.1. The Bertz CT molecular complexity index is 705. The minimum absolute atomic E-state index is 0.105. The van der Waals surface area contributed by atoms with E-state index in [0.29, 0.717) is 41.4 Å². The Morgan fingerprint density at radius 1 is 1.29 bits per heavy atom. The number of rotatable bonds is 3. The van der Waals surface area contributed by atoms with Crippen LogP contribution in [0, 0.1) is 6.92 Å². The van der Waals surface area contributed by atoms with Gasteiger partial charge in [-0.2, -0.15) is 0 Å². The van der Waals surface area contributed by atoms with Crippen LogP contribution in [0.1, 0.15) is 18.7 Å². The number of H-pyrrole nitrogens is 1. The van der Waals surface area contributed by atoms with Crippen molar-refractivity contribution in [2.45, 2.75) is 25.9 Å². The van der Waals surface area contributed by atoms with Gasteiger partial charge < -0.3 is 19.2 Å². The Labute approximate surface area is 122 Å². The molecular formula is C15H18N2O4. The predicted octanol–water partition coefficient (Wildman–Crippen LogP) is 1.80. The summed E-state index contributed by atoms with van der Waals surface area (Å²) >= 11 is 0. The molecule has 0 aliphatic carbocycles. The van der Waals surface area contributed by atoms with E-state index in [2.05, 4.69) is 9.97 Å². The minimum atomic E-state index is -0.173. The number of hydrogen-bond acceptors (Lipinski definition) is 5. The van der Waals surface area contributed by atoms with Crippen molar-refractivity contribution >= 4 is 10.9 Å². The van der Waals surface area contributed by atoms with Gasteiger partial charge in [0.1, 0.15) is 11.9 Å². The van der Waals surface area contributed by atoms with Crippen molar-refractivity contribution < 1.29 is 14.2 Å². The standard InChI is InChI=1S/C15H18N2O4/c1-9-16-12-8-14(21-10-3-5-20-6-4-10)13(19-2)7-11(12)15(18)17-9/h7-8,10H,3-6H2,1-2H3,(H,16,17,18). The lowest BCUT2D eigenvalue weighted by Crippen LogP contribution is -2.26. The monoisotopic (exact) mass is 290 g/mol. The van der Waals surface area contributed by atoms with E-state index < -0.39 is 0 Å². The lowest BCUT2D eigenvalue weighted by molar-refractivity contribution is 0.0246. The van der Waals surface area contributed by atoms with Crippen LogP contribution in [0.25, 0.3) is 10.9 Å². The van der Waals surface area contributed by atoms with Crippen LogP contribution in [0.5, 0.6) is 11.5 Å². The van der Waals surface area contributed by atoms with Gasteiger partial charge in [-0.25, -0.2) is 4.98 Å². The van der Waals surface area contributed by atoms with Gasteiger partial charge in [0.25, 0.3) is 5.56 Å². The summed E-state index contributed by atoms with van der Waals surface area (Å²) in [5, 5.41) is 0.497. The Morgan fingerprint density at radius 3 is 2.76 bits per heavy atom. The summed E-state index contributed by atoms with van der Waals surface area (Å²) in [5.74, 6) is 1.74. The highest BCUT2D eigenvalue weighted by atomic mass is 16.5. The molecule has 0 unspecified atom stereocenters. The second-order valence-corrected chi connectivity index (χ2v) is 5.10. The maximum atomic E-state index is 12.0. The lowest BCUT2D eigenvalue weighted by Gasteiger charge is -2.24. The number of methoxy groups -OCH3 is 1. The highest BCUT2D eigenvalue weighted by molar-refractivity contribution is 5.81. The molecule has 6 nitrogen and oxygen atoms in total. The van der Waals surface area contributed by atoms with Crippen LogP contribution in [0.2, 0.25) is 0 Å². The van der Waals surface area contributed by atoms with E-state index in [0.717, 1.165) is 12.8 Å². The molecule has 2 heterocycles. The topological polar surface area (TPSA) is 73.4 Å². The van der Waals surface area contributed by atoms with Crippen molar-refractivity contribution in [3.63, 3.8) is 0 Å². The van der Waals surface area contributed by atoms with Gasteiger partial charge in [-0.3, -0.25) is 4.79 Å². The van der Waals surface area contributed by atoms with Gasteiger partial charge in [0.05, 0.1) is 31.2 Å². The van der Waals surface area contributed by atoms with Crippen molar-refractivity contribution in [1.82, 2.24) is 9.97 Å². The maximum absolute atomic E-state index is 12.0. The minimum Gasteiger partial charge on any atom is -0.493 e. The first-order valence-electron chi connectivity index (χ1n) is 7.00. The van der Waals surface area contributed by atoms with Gasteiger partial charge in [0.15, 0.2) is 11.5 Å². The van der Waals surface area contributed by atoms with E-state index in [-0.39, 0.29) is 11.7 Å². The van der Waals surface area contributed by atoms with Crippen molar-refractivity contribution in [2.75, 3.05) is 20.3 Å². The summed E-state index contributed by atoms with van der Waals surface area (Å²) in [7, 11) is 1.56. The quantitative estimate of drug-likeness (QED) is 0.933. The van der Waals surface area contributed by atoms with E-state index in [1.54, 1.807) is 26.2 Å². The molecule has 112 valence electrons. The van der Waals surface area contributed by atoms with Crippen molar-refractivity contribution in [3.05, 3.63) is 28.3 Å². The van der Waals surface area contributed by atoms with Crippen LogP contribution in [0.15, 0.2) is 16.9 Å². The van der Waals surface area contributed by atoms with Gasteiger partial charge in [-0.1, -0.05) is 0 Å². The first kappa shape index (κ1) is 13.9. The average molecular weight is 290 g/mol. The number of hydrogen-bond donors (Lipinski definition) is 1. The zero-order valence-electron chi connectivity index (χ0n) is 12.1. The molecule has 1 fully saturated rings. The molecule has 1 aromatic carbocycles. The van der Waals surface area contributed by atoms with Gasteiger partial charge in [-0.15, -0.1) is 0 Å². The first-order valence-corrected chi connectivity index (χ1v) is 7.00. The van der Waals surface area contributed by atoms with Crippen LogP contribution in [-0.4, -0.2) is 36.4 Å². The number of aryl methyl sites for hydroxylation is 1. The molecule has 1 aromatic heterocycles. The van der Waals surface area contributed by atoms with E-state index in [4.69, 9.17) is 14.2 Å². The third-order valence-corrected chi connectivity index (χ3v) is 3.57. The molecule has 6 heteroatoms. The average Bonchev–Trinajstić information content (AvgIpc) is 2.47. The predicted molar refractivity (Wildman–Crippen MR) is 78.1 cm³/mol. The molecule has 0 spiro atoms. The van der Waals surface area contributed by atoms with Crippen LogP contribution in [-0.2, 0) is 4.74 Å². The Hall–Kier alpha value is -2.08. The molecule has 1 aliphatic rings. The molecule has 2 aromatic rings. The van der Waals surface area contributed by atoms with E-state index >= 15 is 0 Å². The molecule has 0 atom stereocenters. The summed E-state index contributed by atoms with van der Waals surface area (Å²) in [6, 6.07) is 3.45. The molecule has 1 N–H and O–H groups in total. The van der Waals surface area contributed by atoms with E-state index in [9.17, 15) is 4.79 Å². The highest BCUT2D eigenvalue weighted by Gasteiger charge is 2.18. The Balaban J connectivity index is 2.02. The summed E-state index contributed by atoms with van der Waals surface area (Å²) in [4.78, 5) is 19.0. The summed E-state index contributed by atoms with van der Waals surface area (Å²) in [5.41, 5.74) is 0.438. The summed E-state index contributed by atoms with van der Waals surface area (Å²) in [6.45, 7) is 3.17. The van der Waals surface area contributed by atoms with Crippen LogP contribution < -0.4 is 15.0 Å². The zero-order valence-corrected chi connectivity index (χ0v) is 12.1. The van der Waals surface area contributed by atoms with Gasteiger partial charge in [0, 0.05) is 18.9 Å². The SMILES string of the molecule is COc1cc2c(=O)[nH]c(C)nc2cc1OC1CCOCC1. The summed E-state index contributed by atoms with van der Waals surface area (Å²) in [6.07, 6.45) is 1.81. The number of fused-ring (bicyclic) bond motifs is 1. The van der Waals surface area contributed by atoms with E-state index in [1.165, 1.54) is 0 Å². The second kappa shape index (κ2) is 5.73. The van der Waals surface area contributed by atoms with Crippen LogP contribution >= 0.6 is 0 Å². The fourth-order valence-corrected chi connectivity index (χ4v) is 2.49. The number of nitrogens with one attached hydrogen (secondary N) is 1. The highest BCUT2D eigenvalue weighted by Crippen LogP contribution is 2.32. The van der Waals surface area contributed by atoms with Crippen LogP contribution in [0.4, 0.5) is 0 Å². The molecule has 1 aliphatic heterocycles. The molecule has 0 saturated carbocycles. The van der Waals surface area contributed by atoms with Gasteiger partial charge in [-0.05, 0) is 13.0 Å². The number of benzene rings is 1. The molecule has 3 rings (SSSR count). The number of ether oxygens (including phenoxy) is 3. The van der Waals surface area contributed by atoms with Crippen molar-refractivity contribution in [1.29, 1.82) is 0 Å². The number of aromatic nitrogens is 2. The lowest BCUT2D eigenvalue weighted by atomic mass is 10.1. The van der Waals surface area contributed by atoms with Crippen molar-refractivity contribution in [2.24, 2.45) is 0 Å². The summed E-state index contributed by atoms with van der Waals surface area (Å²) < 4.78 is 16.7. The third-order valence-electron chi connectivity index (χ3n) is 3.57. The second-order valence-electron chi connectivity index (χ2n) is 5.10. The fraction of sp³-hybridized carbons (Fsp3) is 0.467. The molecule has 1 saturated heterocycles. The molecule has 0 radical (unpaired) electrons. The molecule has 0 bridgehead atoms. The van der Waals surface area contributed by atoms with Crippen molar-refractivity contribution in [3.8, 4) is 11.5 Å². The van der Waals surface area contributed by atoms with Gasteiger partial charge in [0.2, 0.25) is 0 Å². The maximum Gasteiger partial charge on any atom is 0.258 e. The Kier molecular flexibility index (Phi) is 3.79. The first-order chi connectivity index (χ1) is 10.2. The molecule has 0 amide bonds. The number of nitrogens with zero attached hydrogens (tertiary/aromatic N) is 1. The number of aromatic amines is 1. The van der Waals surface area contributed by atoms with E-state index in [1.807, 2.05) is 0 Å². The van der Waals surface area contributed by atoms with Gasteiger partial charge >= 0.3 is 0 Å². The van der Waals surface area contributed by atoms with Crippen LogP contribution in [0.3, 0.4) is 0 Å². The fourth-order valence-electron chi connectivity index (χ4n) is 2.49.